The average molecular weight is 433 g/mol. The van der Waals surface area contributed by atoms with Gasteiger partial charge in [0.1, 0.15) is 0 Å². The predicted molar refractivity (Wildman–Crippen MR) is 128 cm³/mol. The summed E-state index contributed by atoms with van der Waals surface area (Å²) in [6.45, 7) is 7.85. The van der Waals surface area contributed by atoms with E-state index in [4.69, 9.17) is 0 Å². The van der Waals surface area contributed by atoms with Gasteiger partial charge in [0.2, 0.25) is 0 Å². The molecular weight excluding hydrogens is 378 g/mol. The summed E-state index contributed by atoms with van der Waals surface area (Å²) in [5.74, 6) is 0. The number of rotatable bonds is 22. The topological polar surface area (TPSA) is 60.7 Å². The van der Waals surface area contributed by atoms with Gasteiger partial charge in [0, 0.05) is 12.5 Å². The molecule has 0 amide bonds. The zero-order valence-electron chi connectivity index (χ0n) is 20.1. The van der Waals surface area contributed by atoms with Gasteiger partial charge in [0.15, 0.2) is 0 Å². The van der Waals surface area contributed by atoms with Crippen molar-refractivity contribution in [1.29, 1.82) is 0 Å². The smallest absolute Gasteiger partial charge is 0.390 e. The van der Waals surface area contributed by atoms with Crippen molar-refractivity contribution in [2.45, 2.75) is 129 Å². The molecule has 0 unspecified atom stereocenters. The van der Waals surface area contributed by atoms with Crippen LogP contribution < -0.4 is 0 Å². The molecule has 0 bridgehead atoms. The van der Waals surface area contributed by atoms with E-state index in [2.05, 4.69) is 20.9 Å². The fourth-order valence-corrected chi connectivity index (χ4v) is 4.92. The first-order valence-electron chi connectivity index (χ1n) is 12.8. The van der Waals surface area contributed by atoms with Gasteiger partial charge in [-0.1, -0.05) is 90.9 Å². The highest BCUT2D eigenvalue weighted by molar-refractivity contribution is 6.56. The van der Waals surface area contributed by atoms with E-state index in [0.29, 0.717) is 6.42 Å². The van der Waals surface area contributed by atoms with Crippen LogP contribution in [0.5, 0.6) is 0 Å². The summed E-state index contributed by atoms with van der Waals surface area (Å²) in [7, 11) is -1.56. The first-order valence-corrected chi connectivity index (χ1v) is 14.9. The Labute approximate surface area is 183 Å². The first kappa shape index (κ1) is 29.1. The summed E-state index contributed by atoms with van der Waals surface area (Å²) in [5.41, 5.74) is 0. The van der Waals surface area contributed by atoms with Crippen LogP contribution in [-0.2, 0) is 0 Å². The van der Waals surface area contributed by atoms with Crippen LogP contribution in [0.4, 0.5) is 0 Å². The highest BCUT2D eigenvalue weighted by Crippen LogP contribution is 2.16. The van der Waals surface area contributed by atoms with Crippen LogP contribution in [0.15, 0.2) is 0 Å². The fraction of sp³-hybridized carbons (Fsp3) is 1.00. The van der Waals surface area contributed by atoms with Crippen LogP contribution in [0.1, 0.15) is 123 Å². The summed E-state index contributed by atoms with van der Waals surface area (Å²) in [5, 5.41) is 0. The lowest BCUT2D eigenvalue weighted by atomic mass is 10.1. The second-order valence-electron chi connectivity index (χ2n) is 9.62. The number of nitrogens with zero attached hydrogens (tertiary/aromatic N) is 1. The molecule has 0 heterocycles. The Balaban J connectivity index is 4.08. The molecule has 176 valence electrons. The minimum Gasteiger partial charge on any atom is -0.390 e. The molecule has 0 saturated carbocycles. The zero-order chi connectivity index (χ0) is 21.8. The average Bonchev–Trinajstić information content (AvgIpc) is 2.65. The summed E-state index contributed by atoms with van der Waals surface area (Å²) in [6.07, 6.45) is 22.2. The normalized spacial score (nSPS) is 12.6. The number of hydrogen-bond donors (Lipinski definition) is 3. The molecule has 0 saturated heterocycles. The van der Waals surface area contributed by atoms with Crippen molar-refractivity contribution < 1.29 is 18.9 Å². The van der Waals surface area contributed by atoms with Crippen molar-refractivity contribution in [2.75, 3.05) is 26.7 Å². The largest absolute Gasteiger partial charge is 0.492 e. The molecule has 0 aliphatic carbocycles. The van der Waals surface area contributed by atoms with E-state index in [9.17, 15) is 14.4 Å². The standard InChI is InChI=1S/C24H54NO3Si/c1-4-6-8-10-12-14-16-18-21-25(3,23-20-24-29(26,27)28)22-19-17-15-13-11-9-7-5-2/h26-28H,4-24H2,1-3H3/q+1. The molecule has 0 aliphatic heterocycles. The molecule has 0 aromatic carbocycles. The molecule has 0 fully saturated rings. The molecule has 0 rings (SSSR count). The minimum absolute atomic E-state index is 0.176. The number of unbranched alkanes of at least 4 members (excludes halogenated alkanes) is 14. The fourth-order valence-electron chi connectivity index (χ4n) is 4.29. The molecule has 3 N–H and O–H groups in total. The minimum atomic E-state index is -3.89. The molecule has 5 heteroatoms. The summed E-state index contributed by atoms with van der Waals surface area (Å²) >= 11 is 0. The molecule has 0 spiro atoms. The molecule has 0 aromatic rings. The van der Waals surface area contributed by atoms with Gasteiger partial charge in [0.05, 0.1) is 26.7 Å². The molecule has 0 radical (unpaired) electrons. The van der Waals surface area contributed by atoms with E-state index < -0.39 is 8.80 Å². The van der Waals surface area contributed by atoms with E-state index in [1.54, 1.807) is 0 Å². The monoisotopic (exact) mass is 432 g/mol. The van der Waals surface area contributed by atoms with Crippen molar-refractivity contribution in [1.82, 2.24) is 0 Å². The highest BCUT2D eigenvalue weighted by Gasteiger charge is 2.29. The van der Waals surface area contributed by atoms with Crippen molar-refractivity contribution in [3.05, 3.63) is 0 Å². The van der Waals surface area contributed by atoms with Crippen molar-refractivity contribution in [3.63, 3.8) is 0 Å². The van der Waals surface area contributed by atoms with Crippen molar-refractivity contribution in [2.24, 2.45) is 0 Å². The van der Waals surface area contributed by atoms with Crippen LogP contribution >= 0.6 is 0 Å². The molecule has 29 heavy (non-hydrogen) atoms. The van der Waals surface area contributed by atoms with Crippen LogP contribution in [0.25, 0.3) is 0 Å². The Morgan fingerprint density at radius 3 is 1.14 bits per heavy atom. The van der Waals surface area contributed by atoms with E-state index in [1.165, 1.54) is 116 Å². The maximum Gasteiger partial charge on any atom is 0.492 e. The van der Waals surface area contributed by atoms with Crippen molar-refractivity contribution in [3.8, 4) is 0 Å². The highest BCUT2D eigenvalue weighted by atomic mass is 28.4. The van der Waals surface area contributed by atoms with Gasteiger partial charge in [-0.05, 0) is 25.7 Å². The van der Waals surface area contributed by atoms with Gasteiger partial charge in [-0.2, -0.15) is 0 Å². The second-order valence-corrected chi connectivity index (χ2v) is 11.7. The van der Waals surface area contributed by atoms with E-state index >= 15 is 0 Å². The second kappa shape index (κ2) is 18.8. The third-order valence-corrected chi connectivity index (χ3v) is 7.34. The van der Waals surface area contributed by atoms with Gasteiger partial charge >= 0.3 is 8.80 Å². The quantitative estimate of drug-likeness (QED) is 0.111. The molecule has 0 atom stereocenters. The predicted octanol–water partition coefficient (Wildman–Crippen LogP) is 6.02. The maximum absolute atomic E-state index is 9.33. The number of quaternary nitrogens is 1. The van der Waals surface area contributed by atoms with Gasteiger partial charge < -0.3 is 18.9 Å². The van der Waals surface area contributed by atoms with Gasteiger partial charge in [0.25, 0.3) is 0 Å². The van der Waals surface area contributed by atoms with Crippen LogP contribution in [-0.4, -0.2) is 54.4 Å². The third-order valence-electron chi connectivity index (χ3n) is 6.31. The van der Waals surface area contributed by atoms with E-state index in [0.717, 1.165) is 11.0 Å². The van der Waals surface area contributed by atoms with E-state index in [-0.39, 0.29) is 6.04 Å². The lowest BCUT2D eigenvalue weighted by molar-refractivity contribution is -0.910. The van der Waals surface area contributed by atoms with Gasteiger partial charge in [-0.15, -0.1) is 0 Å². The SMILES string of the molecule is CCCCCCCCCC[N+](C)(CCCCCCCCCC)CCC[Si](O)(O)O. The Morgan fingerprint density at radius 1 is 0.483 bits per heavy atom. The lowest BCUT2D eigenvalue weighted by Crippen LogP contribution is -2.47. The third kappa shape index (κ3) is 21.1. The van der Waals surface area contributed by atoms with Crippen LogP contribution in [0.3, 0.4) is 0 Å². The molecular formula is C24H54NO3Si+. The Bertz CT molecular complexity index is 328. The Hall–Kier alpha value is 0.0569. The Kier molecular flexibility index (Phi) is 18.8. The summed E-state index contributed by atoms with van der Waals surface area (Å²) < 4.78 is 1.02. The lowest BCUT2D eigenvalue weighted by Gasteiger charge is -2.35. The van der Waals surface area contributed by atoms with Crippen LogP contribution in [0, 0.1) is 0 Å². The van der Waals surface area contributed by atoms with Gasteiger partial charge in [-0.3, -0.25) is 0 Å². The molecule has 0 aliphatic rings. The maximum atomic E-state index is 9.33. The van der Waals surface area contributed by atoms with E-state index in [1.807, 2.05) is 0 Å². The zero-order valence-corrected chi connectivity index (χ0v) is 21.1. The first-order chi connectivity index (χ1) is 13.8. The van der Waals surface area contributed by atoms with Crippen LogP contribution in [0.2, 0.25) is 6.04 Å². The molecule has 4 nitrogen and oxygen atoms in total. The van der Waals surface area contributed by atoms with Gasteiger partial charge in [-0.25, -0.2) is 0 Å². The van der Waals surface area contributed by atoms with Crippen molar-refractivity contribution >= 4 is 8.80 Å². The number of hydrogen-bond acceptors (Lipinski definition) is 3. The Morgan fingerprint density at radius 2 is 0.793 bits per heavy atom. The summed E-state index contributed by atoms with van der Waals surface area (Å²) in [4.78, 5) is 28.0. The summed E-state index contributed by atoms with van der Waals surface area (Å²) in [6, 6.07) is 0.176. The molecule has 0 aromatic heterocycles.